The van der Waals surface area contributed by atoms with Gasteiger partial charge in [-0.05, 0) is 19.4 Å². The minimum absolute atomic E-state index is 0.0504. The molecule has 6 heteroatoms. The van der Waals surface area contributed by atoms with Crippen LogP contribution < -0.4 is 4.74 Å². The number of aliphatic hydroxyl groups is 1. The molecule has 0 aromatic heterocycles. The van der Waals surface area contributed by atoms with Gasteiger partial charge < -0.3 is 9.84 Å². The average Bonchev–Trinajstić information content (AvgIpc) is 2.26. The highest BCUT2D eigenvalue weighted by Crippen LogP contribution is 2.26. The first kappa shape index (κ1) is 13.9. The van der Waals surface area contributed by atoms with Crippen molar-refractivity contribution in [2.24, 2.45) is 0 Å². The fraction of sp³-hybridized carbons (Fsp3) is 0.455. The van der Waals surface area contributed by atoms with Gasteiger partial charge in [0.1, 0.15) is 12.4 Å². The Bertz CT molecular complexity index is 420. The molecule has 0 saturated carbocycles. The Morgan fingerprint density at radius 1 is 1.53 bits per heavy atom. The van der Waals surface area contributed by atoms with Crippen molar-refractivity contribution in [2.75, 3.05) is 6.61 Å². The molecule has 1 rings (SSSR count). The fourth-order valence-corrected chi connectivity index (χ4v) is 1.54. The summed E-state index contributed by atoms with van der Waals surface area (Å²) >= 11 is 3.17. The second-order valence-electron chi connectivity index (χ2n) is 4.04. The lowest BCUT2D eigenvalue weighted by Gasteiger charge is -2.21. The molecular formula is C11H14BrNO4. The highest BCUT2D eigenvalue weighted by molar-refractivity contribution is 9.10. The summed E-state index contributed by atoms with van der Waals surface area (Å²) < 4.78 is 5.92. The molecule has 17 heavy (non-hydrogen) atoms. The van der Waals surface area contributed by atoms with Gasteiger partial charge in [0, 0.05) is 10.5 Å². The maximum atomic E-state index is 10.6. The maximum absolute atomic E-state index is 10.6. The first-order valence-electron chi connectivity index (χ1n) is 5.14. The summed E-state index contributed by atoms with van der Waals surface area (Å²) in [4.78, 5) is 10.2. The van der Waals surface area contributed by atoms with E-state index in [0.29, 0.717) is 16.6 Å². The van der Waals surface area contributed by atoms with E-state index in [0.717, 1.165) is 0 Å². The van der Waals surface area contributed by atoms with Crippen LogP contribution in [-0.4, -0.2) is 22.2 Å². The Kier molecular flexibility index (Phi) is 4.47. The molecule has 0 saturated heterocycles. The van der Waals surface area contributed by atoms with Crippen molar-refractivity contribution < 1.29 is 14.8 Å². The summed E-state index contributed by atoms with van der Waals surface area (Å²) in [7, 11) is 0. The van der Waals surface area contributed by atoms with Gasteiger partial charge in [0.15, 0.2) is 0 Å². The van der Waals surface area contributed by atoms with E-state index in [4.69, 9.17) is 4.74 Å². The van der Waals surface area contributed by atoms with E-state index in [1.165, 1.54) is 12.1 Å². The third-order valence-electron chi connectivity index (χ3n) is 2.38. The molecule has 1 aromatic carbocycles. The van der Waals surface area contributed by atoms with Gasteiger partial charge in [0.2, 0.25) is 0 Å². The van der Waals surface area contributed by atoms with Gasteiger partial charge in [-0.1, -0.05) is 22.9 Å². The van der Waals surface area contributed by atoms with Crippen LogP contribution in [0.2, 0.25) is 0 Å². The van der Waals surface area contributed by atoms with Crippen molar-refractivity contribution >= 4 is 21.6 Å². The molecule has 0 aliphatic rings. The summed E-state index contributed by atoms with van der Waals surface area (Å²) in [6.07, 6.45) is 0.545. The SMILES string of the molecule is CCC(C)(O)COc1cc(Br)cc([N+](=O)[O-])c1. The summed E-state index contributed by atoms with van der Waals surface area (Å²) in [6.45, 7) is 3.59. The highest BCUT2D eigenvalue weighted by atomic mass is 79.9. The van der Waals surface area contributed by atoms with Gasteiger partial charge in [0.25, 0.3) is 5.69 Å². The van der Waals surface area contributed by atoms with Crippen molar-refractivity contribution in [3.8, 4) is 5.75 Å². The zero-order chi connectivity index (χ0) is 13.1. The number of nitro groups is 1. The van der Waals surface area contributed by atoms with Crippen LogP contribution in [0.1, 0.15) is 20.3 Å². The first-order chi connectivity index (χ1) is 7.84. The largest absolute Gasteiger partial charge is 0.490 e. The van der Waals surface area contributed by atoms with Gasteiger partial charge in [-0.25, -0.2) is 0 Å². The molecular weight excluding hydrogens is 290 g/mol. The van der Waals surface area contributed by atoms with Crippen molar-refractivity contribution in [1.82, 2.24) is 0 Å². The van der Waals surface area contributed by atoms with Crippen molar-refractivity contribution in [1.29, 1.82) is 0 Å². The topological polar surface area (TPSA) is 72.6 Å². The number of non-ortho nitro benzene ring substituents is 1. The predicted octanol–water partition coefficient (Wildman–Crippen LogP) is 2.90. The van der Waals surface area contributed by atoms with E-state index in [-0.39, 0.29) is 12.3 Å². The molecule has 1 N–H and O–H groups in total. The second kappa shape index (κ2) is 5.46. The molecule has 0 spiro atoms. The first-order valence-corrected chi connectivity index (χ1v) is 5.93. The predicted molar refractivity (Wildman–Crippen MR) is 67.2 cm³/mol. The number of nitro benzene ring substituents is 1. The minimum Gasteiger partial charge on any atom is -0.490 e. The fourth-order valence-electron chi connectivity index (χ4n) is 1.08. The van der Waals surface area contributed by atoms with Crippen LogP contribution in [0.3, 0.4) is 0 Å². The highest BCUT2D eigenvalue weighted by Gasteiger charge is 2.19. The minimum atomic E-state index is -0.933. The zero-order valence-electron chi connectivity index (χ0n) is 9.64. The summed E-state index contributed by atoms with van der Waals surface area (Å²) in [6, 6.07) is 4.35. The third-order valence-corrected chi connectivity index (χ3v) is 2.84. The van der Waals surface area contributed by atoms with E-state index < -0.39 is 10.5 Å². The van der Waals surface area contributed by atoms with Crippen molar-refractivity contribution in [3.63, 3.8) is 0 Å². The van der Waals surface area contributed by atoms with Crippen LogP contribution in [0.5, 0.6) is 5.75 Å². The Morgan fingerprint density at radius 2 is 2.18 bits per heavy atom. The van der Waals surface area contributed by atoms with Gasteiger partial charge in [0.05, 0.1) is 16.6 Å². The van der Waals surface area contributed by atoms with Crippen LogP contribution in [-0.2, 0) is 0 Å². The third kappa shape index (κ3) is 4.32. The Balaban J connectivity index is 2.81. The quantitative estimate of drug-likeness (QED) is 0.670. The lowest BCUT2D eigenvalue weighted by atomic mass is 10.1. The normalized spacial score (nSPS) is 14.1. The van der Waals surface area contributed by atoms with E-state index in [2.05, 4.69) is 15.9 Å². The molecule has 5 nitrogen and oxygen atoms in total. The van der Waals surface area contributed by atoms with Gasteiger partial charge in [-0.15, -0.1) is 0 Å². The van der Waals surface area contributed by atoms with E-state index in [1.54, 1.807) is 13.0 Å². The van der Waals surface area contributed by atoms with Crippen LogP contribution in [0.15, 0.2) is 22.7 Å². The van der Waals surface area contributed by atoms with Crippen LogP contribution in [0.25, 0.3) is 0 Å². The van der Waals surface area contributed by atoms with E-state index >= 15 is 0 Å². The number of benzene rings is 1. The molecule has 0 aliphatic carbocycles. The molecule has 94 valence electrons. The van der Waals surface area contributed by atoms with Gasteiger partial charge in [-0.3, -0.25) is 10.1 Å². The zero-order valence-corrected chi connectivity index (χ0v) is 11.2. The molecule has 1 aromatic rings. The summed E-state index contributed by atoms with van der Waals surface area (Å²) in [5.41, 5.74) is -0.984. The second-order valence-corrected chi connectivity index (χ2v) is 4.96. The molecule has 0 fully saturated rings. The molecule has 1 unspecified atom stereocenters. The van der Waals surface area contributed by atoms with Gasteiger partial charge in [-0.2, -0.15) is 0 Å². The number of nitrogens with zero attached hydrogens (tertiary/aromatic N) is 1. The number of halogens is 1. The summed E-state index contributed by atoms with van der Waals surface area (Å²) in [5, 5.41) is 20.4. The Hall–Kier alpha value is -1.14. The summed E-state index contributed by atoms with van der Waals surface area (Å²) in [5.74, 6) is 0.361. The van der Waals surface area contributed by atoms with E-state index in [9.17, 15) is 15.2 Å². The molecule has 1 atom stereocenters. The molecule has 0 heterocycles. The standard InChI is InChI=1S/C11H14BrNO4/c1-3-11(2,14)7-17-10-5-8(12)4-9(6-10)13(15)16/h4-6,14H,3,7H2,1-2H3. The molecule has 0 amide bonds. The van der Waals surface area contributed by atoms with E-state index in [1.807, 2.05) is 6.92 Å². The van der Waals surface area contributed by atoms with Crippen LogP contribution in [0.4, 0.5) is 5.69 Å². The lowest BCUT2D eigenvalue weighted by Crippen LogP contribution is -2.31. The van der Waals surface area contributed by atoms with Crippen molar-refractivity contribution in [3.05, 3.63) is 32.8 Å². The van der Waals surface area contributed by atoms with Crippen molar-refractivity contribution in [2.45, 2.75) is 25.9 Å². The number of rotatable bonds is 5. The van der Waals surface area contributed by atoms with Crippen LogP contribution >= 0.6 is 15.9 Å². The molecule has 0 aliphatic heterocycles. The Morgan fingerprint density at radius 3 is 2.71 bits per heavy atom. The number of ether oxygens (including phenoxy) is 1. The number of hydrogen-bond donors (Lipinski definition) is 1. The maximum Gasteiger partial charge on any atom is 0.274 e. The van der Waals surface area contributed by atoms with Crippen LogP contribution in [0, 0.1) is 10.1 Å². The molecule has 0 radical (unpaired) electrons. The lowest BCUT2D eigenvalue weighted by molar-refractivity contribution is -0.385. The smallest absolute Gasteiger partial charge is 0.274 e. The Labute approximate surface area is 108 Å². The monoisotopic (exact) mass is 303 g/mol. The van der Waals surface area contributed by atoms with Gasteiger partial charge >= 0.3 is 0 Å². The average molecular weight is 304 g/mol. The number of hydrogen-bond acceptors (Lipinski definition) is 4. The molecule has 0 bridgehead atoms.